The Morgan fingerprint density at radius 3 is 0.667 bits per heavy atom. The molecule has 0 nitrogen and oxygen atoms in total. The van der Waals surface area contributed by atoms with Crippen molar-refractivity contribution in [1.82, 2.24) is 0 Å². The molecule has 0 fully saturated rings. The Hall–Kier alpha value is 2.21. The van der Waals surface area contributed by atoms with Crippen LogP contribution in [0.25, 0.3) is 0 Å². The number of hydrogen-bond acceptors (Lipinski definition) is 0. The van der Waals surface area contributed by atoms with Gasteiger partial charge in [0.05, 0.1) is 0 Å². The van der Waals surface area contributed by atoms with Crippen LogP contribution in [0.2, 0.25) is 0 Å². The first-order valence-electron chi connectivity index (χ1n) is 1.41. The summed E-state index contributed by atoms with van der Waals surface area (Å²) in [6, 6.07) is 0. The van der Waals surface area contributed by atoms with Crippen molar-refractivity contribution in [1.29, 1.82) is 0 Å². The van der Waals surface area contributed by atoms with E-state index in [1.54, 1.807) is 13.8 Å². The van der Waals surface area contributed by atoms with Crippen molar-refractivity contribution >= 4 is 0 Å². The summed E-state index contributed by atoms with van der Waals surface area (Å²) in [5.41, 5.74) is 0. The van der Waals surface area contributed by atoms with E-state index in [1.165, 1.54) is 0 Å². The summed E-state index contributed by atoms with van der Waals surface area (Å²) in [5.74, 6) is 0. The molecule has 2 heteroatoms. The molecular formula is C7H19Y2-2. The smallest absolute Gasteiger partial charge is 0.358 e. The second-order valence-electron chi connectivity index (χ2n) is 0. The Labute approximate surface area is 114 Å². The predicted octanol–water partition coefficient (Wildman–Crippen LogP) is 3.03. The molecule has 0 aromatic heterocycles. The van der Waals surface area contributed by atoms with Crippen LogP contribution >= 0.6 is 0 Å². The van der Waals surface area contributed by atoms with Crippen LogP contribution in [0.4, 0.5) is 0 Å². The van der Waals surface area contributed by atoms with Crippen LogP contribution < -0.4 is 0 Å². The Morgan fingerprint density at radius 2 is 0.667 bits per heavy atom. The van der Waals surface area contributed by atoms with E-state index in [-0.39, 0.29) is 87.7 Å². The Bertz CT molecular complexity index is 6.88. The molecule has 0 unspecified atom stereocenters. The quantitative estimate of drug-likeness (QED) is 0.599. The van der Waals surface area contributed by atoms with E-state index in [0.717, 1.165) is 0 Å². The molecule has 0 aliphatic heterocycles. The third-order valence-electron chi connectivity index (χ3n) is 0. The SMILES string of the molecule is [CH2-]C.[CH2-]C.[CH3-].[CH3-].[CH3-].[Y+3].[Y]. The van der Waals surface area contributed by atoms with Crippen LogP contribution in [0.15, 0.2) is 0 Å². The maximum atomic E-state index is 3.25. The minimum atomic E-state index is 0. The molecule has 0 atom stereocenters. The van der Waals surface area contributed by atoms with Crippen molar-refractivity contribution in [3.8, 4) is 0 Å². The van der Waals surface area contributed by atoms with Gasteiger partial charge < -0.3 is 36.1 Å². The minimum Gasteiger partial charge on any atom is -0.358 e. The van der Waals surface area contributed by atoms with Gasteiger partial charge in [0.1, 0.15) is 0 Å². The van der Waals surface area contributed by atoms with Gasteiger partial charge in [-0.05, 0) is 0 Å². The molecule has 1 radical (unpaired) electrons. The van der Waals surface area contributed by atoms with Gasteiger partial charge in [-0.25, -0.2) is 0 Å². The molecule has 0 heterocycles. The molecule has 0 aromatic rings. The second-order valence-corrected chi connectivity index (χ2v) is 0. The molecule has 0 rings (SSSR count). The van der Waals surface area contributed by atoms with Gasteiger partial charge in [-0.2, -0.15) is 13.8 Å². The molecule has 0 saturated heterocycles. The normalized spacial score (nSPS) is 1.33. The predicted molar refractivity (Wildman–Crippen MR) is 41.3 cm³/mol. The summed E-state index contributed by atoms with van der Waals surface area (Å²) < 4.78 is 0. The summed E-state index contributed by atoms with van der Waals surface area (Å²) in [6.07, 6.45) is 0. The Kier molecular flexibility index (Phi) is 1300. The first-order chi connectivity index (χ1) is 2.00. The fourth-order valence-corrected chi connectivity index (χ4v) is 0. The third-order valence-corrected chi connectivity index (χ3v) is 0. The van der Waals surface area contributed by atoms with Gasteiger partial charge in [-0.3, -0.25) is 0 Å². The summed E-state index contributed by atoms with van der Waals surface area (Å²) >= 11 is 0. The third kappa shape index (κ3) is 141. The Balaban J connectivity index is -0.00000000114. The van der Waals surface area contributed by atoms with Crippen LogP contribution in [-0.2, 0) is 65.4 Å². The summed E-state index contributed by atoms with van der Waals surface area (Å²) in [7, 11) is 0. The fraction of sp³-hybridized carbons (Fsp3) is 0.286. The zero-order chi connectivity index (χ0) is 4.00. The molecule has 0 aliphatic rings. The maximum absolute atomic E-state index is 3.25. The summed E-state index contributed by atoms with van der Waals surface area (Å²) in [6.45, 7) is 10.0. The van der Waals surface area contributed by atoms with E-state index in [0.29, 0.717) is 0 Å². The topological polar surface area (TPSA) is 0 Å². The van der Waals surface area contributed by atoms with Gasteiger partial charge in [-0.15, -0.1) is 0 Å². The van der Waals surface area contributed by atoms with Crippen LogP contribution in [-0.4, -0.2) is 0 Å². The molecule has 0 bridgehead atoms. The number of hydrogen-bond donors (Lipinski definition) is 0. The van der Waals surface area contributed by atoms with E-state index in [2.05, 4.69) is 13.8 Å². The number of rotatable bonds is 0. The van der Waals surface area contributed by atoms with Crippen molar-refractivity contribution in [3.63, 3.8) is 0 Å². The van der Waals surface area contributed by atoms with Gasteiger partial charge >= 0.3 is 32.7 Å². The molecular weight excluding hydrogens is 262 g/mol. The van der Waals surface area contributed by atoms with E-state index in [1.807, 2.05) is 0 Å². The molecule has 0 N–H and O–H groups in total. The molecule has 0 aliphatic carbocycles. The average molecular weight is 281 g/mol. The average Bonchev–Trinajstić information content (AvgIpc) is 1.50. The van der Waals surface area contributed by atoms with Gasteiger partial charge in [0.25, 0.3) is 0 Å². The Morgan fingerprint density at radius 1 is 0.667 bits per heavy atom. The van der Waals surface area contributed by atoms with E-state index < -0.39 is 0 Å². The van der Waals surface area contributed by atoms with Crippen LogP contribution in [0, 0.1) is 36.1 Å². The van der Waals surface area contributed by atoms with E-state index in [9.17, 15) is 0 Å². The standard InChI is InChI=1S/2C2H5.3CH3.2Y/c2*1-2;;;;;/h2*1H2,2H3;3*1H3;;/q5*-1;;+3. The van der Waals surface area contributed by atoms with Crippen LogP contribution in [0.3, 0.4) is 0 Å². The van der Waals surface area contributed by atoms with Gasteiger partial charge in [0.2, 0.25) is 0 Å². The van der Waals surface area contributed by atoms with E-state index in [4.69, 9.17) is 0 Å². The molecule has 0 saturated carbocycles. The van der Waals surface area contributed by atoms with Crippen molar-refractivity contribution in [2.45, 2.75) is 13.8 Å². The zero-order valence-electron chi connectivity index (χ0n) is 7.57. The van der Waals surface area contributed by atoms with E-state index >= 15 is 0 Å². The molecule has 55 valence electrons. The first kappa shape index (κ1) is 66.0. The van der Waals surface area contributed by atoms with Crippen molar-refractivity contribution in [2.24, 2.45) is 0 Å². The zero-order valence-corrected chi connectivity index (χ0v) is 13.2. The summed E-state index contributed by atoms with van der Waals surface area (Å²) in [4.78, 5) is 0. The molecule has 0 amide bonds. The van der Waals surface area contributed by atoms with Crippen molar-refractivity contribution < 1.29 is 65.4 Å². The van der Waals surface area contributed by atoms with Crippen molar-refractivity contribution in [3.05, 3.63) is 36.1 Å². The van der Waals surface area contributed by atoms with Gasteiger partial charge in [0.15, 0.2) is 0 Å². The van der Waals surface area contributed by atoms with Crippen molar-refractivity contribution in [2.75, 3.05) is 0 Å². The van der Waals surface area contributed by atoms with Crippen LogP contribution in [0.1, 0.15) is 13.8 Å². The minimum absolute atomic E-state index is 0. The second kappa shape index (κ2) is 178. The maximum Gasteiger partial charge on any atom is 3.00 e. The van der Waals surface area contributed by atoms with Crippen LogP contribution in [0.5, 0.6) is 0 Å². The largest absolute Gasteiger partial charge is 3.00 e. The molecule has 9 heavy (non-hydrogen) atoms. The molecule has 0 aromatic carbocycles. The summed E-state index contributed by atoms with van der Waals surface area (Å²) in [5, 5.41) is 0. The molecule has 0 spiro atoms. The van der Waals surface area contributed by atoms with Gasteiger partial charge in [0, 0.05) is 32.7 Å². The van der Waals surface area contributed by atoms with Gasteiger partial charge in [-0.1, -0.05) is 0 Å². The first-order valence-corrected chi connectivity index (χ1v) is 1.41. The monoisotopic (exact) mass is 281 g/mol. The fourth-order valence-electron chi connectivity index (χ4n) is 0.